The van der Waals surface area contributed by atoms with E-state index in [0.29, 0.717) is 36.1 Å². The van der Waals surface area contributed by atoms with Crippen LogP contribution in [0.25, 0.3) is 0 Å². The number of amides is 1. The summed E-state index contributed by atoms with van der Waals surface area (Å²) in [6.45, 7) is 7.00. The molecule has 5 rings (SSSR count). The highest BCUT2D eigenvalue weighted by molar-refractivity contribution is 6.08. The Morgan fingerprint density at radius 1 is 1.14 bits per heavy atom. The van der Waals surface area contributed by atoms with Crippen LogP contribution in [0.1, 0.15) is 15.9 Å². The van der Waals surface area contributed by atoms with Crippen molar-refractivity contribution in [1.82, 2.24) is 14.9 Å². The van der Waals surface area contributed by atoms with Crippen molar-refractivity contribution in [1.29, 1.82) is 0 Å². The minimum Gasteiger partial charge on any atom is -0.474 e. The van der Waals surface area contributed by atoms with Gasteiger partial charge in [-0.25, -0.2) is 4.98 Å². The van der Waals surface area contributed by atoms with Crippen LogP contribution in [-0.2, 0) is 0 Å². The van der Waals surface area contributed by atoms with Gasteiger partial charge in [-0.3, -0.25) is 9.59 Å². The Morgan fingerprint density at radius 3 is 2.80 bits per heavy atom. The third-order valence-electron chi connectivity index (χ3n) is 6.38. The summed E-state index contributed by atoms with van der Waals surface area (Å²) in [7, 11) is 2.11. The molecule has 2 aliphatic heterocycles. The molecule has 182 valence electrons. The Morgan fingerprint density at radius 2 is 1.97 bits per heavy atom. The van der Waals surface area contributed by atoms with E-state index in [9.17, 15) is 9.59 Å². The van der Waals surface area contributed by atoms with E-state index in [1.165, 1.54) is 6.20 Å². The molecule has 1 amide bonds. The number of hydrogen-bond acceptors (Lipinski definition) is 8. The van der Waals surface area contributed by atoms with Gasteiger partial charge in [0, 0.05) is 55.9 Å². The normalized spacial score (nSPS) is 15.5. The number of hydrogen-bond donors (Lipinski definition) is 4. The molecule has 1 aromatic carbocycles. The smallest absolute Gasteiger partial charge is 0.263 e. The van der Waals surface area contributed by atoms with Crippen LogP contribution in [-0.4, -0.2) is 67.2 Å². The SMILES string of the molecule is Cc1c(Nc2cc[nH]c(=O)c2C(=O)Nc2cccc(N3CCN(C)CC3)c2)cnc2c1NCCO2. The summed E-state index contributed by atoms with van der Waals surface area (Å²) in [5.41, 5.74) is 3.96. The Kier molecular flexibility index (Phi) is 6.28. The molecular formula is C25H29N7O3. The molecule has 4 N–H and O–H groups in total. The number of fused-ring (bicyclic) bond motifs is 1. The van der Waals surface area contributed by atoms with Gasteiger partial charge in [-0.1, -0.05) is 6.07 Å². The molecule has 0 bridgehead atoms. The molecule has 0 unspecified atom stereocenters. The van der Waals surface area contributed by atoms with Crippen LogP contribution < -0.4 is 31.1 Å². The first-order chi connectivity index (χ1) is 17.0. The summed E-state index contributed by atoms with van der Waals surface area (Å²) >= 11 is 0. The summed E-state index contributed by atoms with van der Waals surface area (Å²) in [5.74, 6) is 0.0540. The van der Waals surface area contributed by atoms with Gasteiger partial charge in [0.2, 0.25) is 5.88 Å². The maximum atomic E-state index is 13.3. The van der Waals surface area contributed by atoms with Crippen LogP contribution in [0.15, 0.2) is 47.5 Å². The van der Waals surface area contributed by atoms with E-state index in [1.807, 2.05) is 31.2 Å². The summed E-state index contributed by atoms with van der Waals surface area (Å²) in [5, 5.41) is 9.40. The topological polar surface area (TPSA) is 115 Å². The van der Waals surface area contributed by atoms with Gasteiger partial charge in [0.05, 0.1) is 17.6 Å². The zero-order chi connectivity index (χ0) is 24.4. The van der Waals surface area contributed by atoms with Crippen molar-refractivity contribution in [3.8, 4) is 5.88 Å². The van der Waals surface area contributed by atoms with Crippen molar-refractivity contribution in [2.75, 3.05) is 67.2 Å². The Balaban J connectivity index is 1.38. The molecule has 0 saturated carbocycles. The molecule has 1 fully saturated rings. The first-order valence-corrected chi connectivity index (χ1v) is 11.7. The van der Waals surface area contributed by atoms with Crippen LogP contribution in [0.5, 0.6) is 5.88 Å². The Bertz CT molecular complexity index is 1300. The minimum atomic E-state index is -0.491. The number of ether oxygens (including phenoxy) is 1. The third-order valence-corrected chi connectivity index (χ3v) is 6.38. The average Bonchev–Trinajstić information content (AvgIpc) is 2.86. The fourth-order valence-corrected chi connectivity index (χ4v) is 4.34. The number of aromatic amines is 1. The maximum Gasteiger partial charge on any atom is 0.263 e. The van der Waals surface area contributed by atoms with Crippen molar-refractivity contribution in [2.24, 2.45) is 0 Å². The van der Waals surface area contributed by atoms with Gasteiger partial charge in [-0.2, -0.15) is 0 Å². The van der Waals surface area contributed by atoms with Gasteiger partial charge in [0.15, 0.2) is 0 Å². The number of carbonyl (C=O) groups is 1. The number of nitrogens with one attached hydrogen (secondary N) is 4. The second-order valence-corrected chi connectivity index (χ2v) is 8.77. The Hall–Kier alpha value is -4.05. The lowest BCUT2D eigenvalue weighted by Gasteiger charge is -2.34. The molecule has 10 nitrogen and oxygen atoms in total. The third kappa shape index (κ3) is 4.78. The molecule has 4 heterocycles. The van der Waals surface area contributed by atoms with Gasteiger partial charge in [-0.05, 0) is 38.2 Å². The number of anilines is 5. The van der Waals surface area contributed by atoms with Crippen molar-refractivity contribution in [2.45, 2.75) is 6.92 Å². The standard InChI is InChI=1S/C25H29N7O3/c1-16-20(15-28-25-22(16)26-8-13-35-25)30-19-6-7-27-23(33)21(19)24(34)29-17-4-3-5-18(14-17)32-11-9-31(2)10-12-32/h3-7,14-15,26H,8-13H2,1-2H3,(H,29,34)(H2,27,30,33). The predicted molar refractivity (Wildman–Crippen MR) is 137 cm³/mol. The second kappa shape index (κ2) is 9.67. The summed E-state index contributed by atoms with van der Waals surface area (Å²) in [6, 6.07) is 9.38. The lowest BCUT2D eigenvalue weighted by molar-refractivity contribution is 0.102. The molecule has 0 atom stereocenters. The van der Waals surface area contributed by atoms with Gasteiger partial charge < -0.3 is 35.5 Å². The van der Waals surface area contributed by atoms with E-state index in [2.05, 4.69) is 42.8 Å². The van der Waals surface area contributed by atoms with Crippen LogP contribution in [0, 0.1) is 6.92 Å². The first-order valence-electron chi connectivity index (χ1n) is 11.7. The zero-order valence-corrected chi connectivity index (χ0v) is 19.9. The van der Waals surface area contributed by atoms with Crippen molar-refractivity contribution in [3.63, 3.8) is 0 Å². The zero-order valence-electron chi connectivity index (χ0n) is 19.9. The van der Waals surface area contributed by atoms with Gasteiger partial charge >= 0.3 is 0 Å². The lowest BCUT2D eigenvalue weighted by Crippen LogP contribution is -2.44. The van der Waals surface area contributed by atoms with Gasteiger partial charge in [-0.15, -0.1) is 0 Å². The fraction of sp³-hybridized carbons (Fsp3) is 0.320. The number of benzene rings is 1. The number of H-pyrrole nitrogens is 1. The van der Waals surface area contributed by atoms with Gasteiger partial charge in [0.1, 0.15) is 17.9 Å². The molecule has 35 heavy (non-hydrogen) atoms. The van der Waals surface area contributed by atoms with E-state index >= 15 is 0 Å². The minimum absolute atomic E-state index is 0.00108. The molecule has 0 spiro atoms. The monoisotopic (exact) mass is 475 g/mol. The van der Waals surface area contributed by atoms with E-state index < -0.39 is 11.5 Å². The molecule has 0 aliphatic carbocycles. The number of nitrogens with zero attached hydrogens (tertiary/aromatic N) is 3. The number of aromatic nitrogens is 2. The largest absolute Gasteiger partial charge is 0.474 e. The lowest BCUT2D eigenvalue weighted by atomic mass is 10.1. The summed E-state index contributed by atoms with van der Waals surface area (Å²) in [4.78, 5) is 37.5. The van der Waals surface area contributed by atoms with Crippen molar-refractivity contribution in [3.05, 3.63) is 64.2 Å². The summed E-state index contributed by atoms with van der Waals surface area (Å²) < 4.78 is 5.59. The van der Waals surface area contributed by atoms with Crippen LogP contribution in [0.3, 0.4) is 0 Å². The number of rotatable bonds is 5. The number of piperazine rings is 1. The van der Waals surface area contributed by atoms with E-state index in [4.69, 9.17) is 4.74 Å². The molecule has 10 heteroatoms. The molecule has 1 saturated heterocycles. The van der Waals surface area contributed by atoms with Crippen molar-refractivity contribution < 1.29 is 9.53 Å². The quantitative estimate of drug-likeness (QED) is 0.445. The number of carbonyl (C=O) groups excluding carboxylic acids is 1. The molecule has 0 radical (unpaired) electrons. The van der Waals surface area contributed by atoms with E-state index in [-0.39, 0.29) is 5.56 Å². The highest BCUT2D eigenvalue weighted by Crippen LogP contribution is 2.34. The number of likely N-dealkylation sites (N-methyl/N-ethyl adjacent to an activating group) is 1. The number of pyridine rings is 2. The molecular weight excluding hydrogens is 446 g/mol. The summed E-state index contributed by atoms with van der Waals surface area (Å²) in [6.07, 6.45) is 3.15. The highest BCUT2D eigenvalue weighted by atomic mass is 16.5. The van der Waals surface area contributed by atoms with Gasteiger partial charge in [0.25, 0.3) is 11.5 Å². The molecule has 3 aromatic rings. The van der Waals surface area contributed by atoms with Crippen molar-refractivity contribution >= 4 is 34.3 Å². The first kappa shape index (κ1) is 22.7. The predicted octanol–water partition coefficient (Wildman–Crippen LogP) is 2.63. The van der Waals surface area contributed by atoms with Crippen LogP contribution in [0.4, 0.5) is 28.4 Å². The maximum absolute atomic E-state index is 13.3. The Labute approximate surface area is 203 Å². The second-order valence-electron chi connectivity index (χ2n) is 8.77. The fourth-order valence-electron chi connectivity index (χ4n) is 4.34. The molecule has 2 aliphatic rings. The van der Waals surface area contributed by atoms with Crippen LogP contribution >= 0.6 is 0 Å². The average molecular weight is 476 g/mol. The highest BCUT2D eigenvalue weighted by Gasteiger charge is 2.21. The van der Waals surface area contributed by atoms with Crippen LogP contribution in [0.2, 0.25) is 0 Å². The molecule has 2 aromatic heterocycles. The van der Waals surface area contributed by atoms with E-state index in [0.717, 1.165) is 43.1 Å². The van der Waals surface area contributed by atoms with E-state index in [1.54, 1.807) is 12.3 Å².